The van der Waals surface area contributed by atoms with E-state index in [-0.39, 0.29) is 11.3 Å². The fourth-order valence-electron chi connectivity index (χ4n) is 5.79. The summed E-state index contributed by atoms with van der Waals surface area (Å²) >= 11 is 0. The van der Waals surface area contributed by atoms with Crippen LogP contribution >= 0.6 is 0 Å². The van der Waals surface area contributed by atoms with E-state index in [1.54, 1.807) is 0 Å². The summed E-state index contributed by atoms with van der Waals surface area (Å²) in [7, 11) is 1.09. The summed E-state index contributed by atoms with van der Waals surface area (Å²) in [6.45, 7) is 9.00. The Morgan fingerprint density at radius 2 is 2.05 bits per heavy atom. The average molecular weight is 288 g/mol. The largest absolute Gasteiger partial charge is 0.481 e. The Bertz CT molecular complexity index is 460. The zero-order valence-electron chi connectivity index (χ0n) is 13.7. The molecule has 0 aromatic rings. The molecule has 116 valence electrons. The number of hydrogen-bond donors (Lipinski definition) is 1. The van der Waals surface area contributed by atoms with Gasteiger partial charge in [0, 0.05) is 0 Å². The maximum absolute atomic E-state index is 11.7. The number of fused-ring (bicyclic) bond motifs is 1. The van der Waals surface area contributed by atoms with Crippen molar-refractivity contribution >= 4 is 13.2 Å². The second-order valence-electron chi connectivity index (χ2n) is 8.37. The summed E-state index contributed by atoms with van der Waals surface area (Å²) in [5.74, 6) is 0.673. The average Bonchev–Trinajstić information content (AvgIpc) is 2.74. The molecule has 1 heterocycles. The highest BCUT2D eigenvalue weighted by molar-refractivity contribution is 6.36. The van der Waals surface area contributed by atoms with Gasteiger partial charge in [0.15, 0.2) is 0 Å². The van der Waals surface area contributed by atoms with Crippen LogP contribution in [0.3, 0.4) is 0 Å². The van der Waals surface area contributed by atoms with Gasteiger partial charge >= 0.3 is 5.97 Å². The van der Waals surface area contributed by atoms with Crippen molar-refractivity contribution in [3.63, 3.8) is 0 Å². The first-order valence-electron chi connectivity index (χ1n) is 8.79. The first-order valence-corrected chi connectivity index (χ1v) is 8.79. The number of allylic oxidation sites excluding steroid dienone is 1. The van der Waals surface area contributed by atoms with E-state index in [9.17, 15) is 9.90 Å². The molecule has 2 aliphatic carbocycles. The topological polar surface area (TPSA) is 37.3 Å². The third-order valence-corrected chi connectivity index (χ3v) is 7.57. The van der Waals surface area contributed by atoms with Gasteiger partial charge in [-0.1, -0.05) is 45.1 Å². The van der Waals surface area contributed by atoms with Crippen molar-refractivity contribution in [2.75, 3.05) is 0 Å². The lowest BCUT2D eigenvalue weighted by Gasteiger charge is -2.51. The summed E-state index contributed by atoms with van der Waals surface area (Å²) in [4.78, 5) is 11.7. The Kier molecular flexibility index (Phi) is 3.74. The van der Waals surface area contributed by atoms with Crippen molar-refractivity contribution < 1.29 is 9.90 Å². The number of carbonyl (C=O) groups is 1. The predicted molar refractivity (Wildman–Crippen MR) is 87.9 cm³/mol. The van der Waals surface area contributed by atoms with Crippen molar-refractivity contribution in [2.24, 2.45) is 28.6 Å². The molecule has 3 rings (SSSR count). The lowest BCUT2D eigenvalue weighted by Crippen LogP contribution is -2.46. The molecule has 3 aliphatic rings. The smallest absolute Gasteiger partial charge is 0.306 e. The third kappa shape index (κ3) is 2.28. The van der Waals surface area contributed by atoms with E-state index in [1.807, 2.05) is 0 Å². The van der Waals surface area contributed by atoms with Crippen LogP contribution < -0.4 is 0 Å². The molecule has 1 saturated heterocycles. The van der Waals surface area contributed by atoms with Gasteiger partial charge in [0.1, 0.15) is 7.28 Å². The van der Waals surface area contributed by atoms with Crippen LogP contribution in [0.15, 0.2) is 12.2 Å². The molecule has 0 radical (unpaired) electrons. The molecule has 0 aromatic heterocycles. The van der Waals surface area contributed by atoms with Gasteiger partial charge in [0.25, 0.3) is 0 Å². The van der Waals surface area contributed by atoms with Crippen LogP contribution in [-0.4, -0.2) is 18.4 Å². The van der Waals surface area contributed by atoms with E-state index in [2.05, 4.69) is 20.4 Å². The van der Waals surface area contributed by atoms with Gasteiger partial charge in [-0.3, -0.25) is 4.79 Å². The van der Waals surface area contributed by atoms with Gasteiger partial charge in [0.2, 0.25) is 0 Å². The first-order chi connectivity index (χ1) is 9.88. The van der Waals surface area contributed by atoms with Crippen LogP contribution in [0.4, 0.5) is 0 Å². The summed E-state index contributed by atoms with van der Waals surface area (Å²) in [6, 6.07) is 0. The Hall–Kier alpha value is -0.725. The van der Waals surface area contributed by atoms with Crippen molar-refractivity contribution in [1.29, 1.82) is 0 Å². The van der Waals surface area contributed by atoms with Gasteiger partial charge in [-0.15, -0.1) is 0 Å². The molecule has 3 fully saturated rings. The van der Waals surface area contributed by atoms with Gasteiger partial charge in [-0.25, -0.2) is 0 Å². The Balaban J connectivity index is 1.81. The molecule has 5 atom stereocenters. The summed E-state index contributed by atoms with van der Waals surface area (Å²) < 4.78 is 0. The van der Waals surface area contributed by atoms with Crippen LogP contribution in [0.5, 0.6) is 0 Å². The number of hydrogen-bond acceptors (Lipinski definition) is 1. The number of carboxylic acids is 1. The first kappa shape index (κ1) is 15.2. The molecule has 0 spiro atoms. The van der Waals surface area contributed by atoms with Gasteiger partial charge in [0.05, 0.1) is 5.92 Å². The molecule has 5 unspecified atom stereocenters. The molecule has 0 bridgehead atoms. The van der Waals surface area contributed by atoms with E-state index in [4.69, 9.17) is 0 Å². The molecule has 0 amide bonds. The number of carboxylic acid groups (broad SMARTS) is 1. The van der Waals surface area contributed by atoms with Crippen molar-refractivity contribution in [3.05, 3.63) is 12.2 Å². The van der Waals surface area contributed by atoms with Crippen LogP contribution in [0.25, 0.3) is 0 Å². The normalized spacial score (nSPS) is 46.8. The number of rotatable bonds is 2. The summed E-state index contributed by atoms with van der Waals surface area (Å²) in [5, 5.41) is 9.67. The maximum Gasteiger partial charge on any atom is 0.306 e. The lowest BCUT2D eigenvalue weighted by molar-refractivity contribution is -0.148. The minimum atomic E-state index is -0.554. The van der Waals surface area contributed by atoms with E-state index >= 15 is 0 Å². The monoisotopic (exact) mass is 288 g/mol. The molecule has 2 nitrogen and oxygen atoms in total. The quantitative estimate of drug-likeness (QED) is 0.612. The molecular weight excluding hydrogens is 259 g/mol. The van der Waals surface area contributed by atoms with Crippen molar-refractivity contribution in [2.45, 2.75) is 65.0 Å². The predicted octanol–water partition coefficient (Wildman–Crippen LogP) is 4.14. The molecule has 21 heavy (non-hydrogen) atoms. The van der Waals surface area contributed by atoms with E-state index in [0.29, 0.717) is 11.3 Å². The molecular formula is C18H29BO2. The third-order valence-electron chi connectivity index (χ3n) is 7.57. The zero-order valence-corrected chi connectivity index (χ0v) is 13.7. The Morgan fingerprint density at radius 3 is 2.76 bits per heavy atom. The van der Waals surface area contributed by atoms with E-state index in [1.165, 1.54) is 44.0 Å². The van der Waals surface area contributed by atoms with Crippen LogP contribution in [0.2, 0.25) is 12.6 Å². The highest BCUT2D eigenvalue weighted by Gasteiger charge is 2.52. The summed E-state index contributed by atoms with van der Waals surface area (Å²) in [6.07, 6.45) is 9.33. The maximum atomic E-state index is 11.7. The minimum absolute atomic E-state index is 0.0232. The van der Waals surface area contributed by atoms with Crippen molar-refractivity contribution in [3.8, 4) is 0 Å². The summed E-state index contributed by atoms with van der Waals surface area (Å²) in [5.41, 5.74) is 1.82. The van der Waals surface area contributed by atoms with Gasteiger partial charge in [-0.05, 0) is 54.8 Å². The molecule has 3 heteroatoms. The fourth-order valence-corrected chi connectivity index (χ4v) is 5.79. The van der Waals surface area contributed by atoms with Crippen molar-refractivity contribution in [1.82, 2.24) is 0 Å². The Morgan fingerprint density at radius 1 is 1.29 bits per heavy atom. The zero-order chi connectivity index (χ0) is 15.3. The van der Waals surface area contributed by atoms with Gasteiger partial charge in [-0.2, -0.15) is 0 Å². The SMILES string of the molecule is C=C1CCC2CC(C3(C)CCBCC3C(=O)O)CCC12C. The highest BCUT2D eigenvalue weighted by Crippen LogP contribution is 2.60. The van der Waals surface area contributed by atoms with E-state index in [0.717, 1.165) is 25.9 Å². The molecule has 1 aliphatic heterocycles. The Labute approximate surface area is 129 Å². The van der Waals surface area contributed by atoms with Crippen LogP contribution in [0.1, 0.15) is 52.4 Å². The second kappa shape index (κ2) is 5.17. The lowest BCUT2D eigenvalue weighted by atomic mass is 9.46. The highest BCUT2D eigenvalue weighted by atomic mass is 16.4. The molecule has 1 N–H and O–H groups in total. The molecule has 0 aromatic carbocycles. The molecule has 2 saturated carbocycles. The number of aliphatic carboxylic acids is 1. The van der Waals surface area contributed by atoms with E-state index < -0.39 is 5.97 Å². The minimum Gasteiger partial charge on any atom is -0.481 e. The second-order valence-corrected chi connectivity index (χ2v) is 8.37. The standard InChI is InChI=1S/C18H29BO2/c1-12-4-5-13-10-14(6-7-17(12,13)2)18(3)8-9-19-11-15(18)16(20)21/h13-15,19H,1,4-11H2,2-3H3,(H,20,21). The van der Waals surface area contributed by atoms with Crippen LogP contribution in [0, 0.1) is 28.6 Å². The van der Waals surface area contributed by atoms with Gasteiger partial charge < -0.3 is 5.11 Å². The van der Waals surface area contributed by atoms with Crippen LogP contribution in [-0.2, 0) is 4.79 Å². The fraction of sp³-hybridized carbons (Fsp3) is 0.833.